The average Bonchev–Trinajstić information content (AvgIpc) is 2.42. The molecule has 1 N–H and O–H groups in total. The molecule has 0 bridgehead atoms. The number of hydrogen-bond donors (Lipinski definition) is 1. The highest BCUT2D eigenvalue weighted by atomic mass is 19.4. The van der Waals surface area contributed by atoms with E-state index >= 15 is 0 Å². The molecular weight excluding hydrogens is 285 g/mol. The molecule has 2 aromatic rings. The van der Waals surface area contributed by atoms with Gasteiger partial charge in [0.15, 0.2) is 0 Å². The van der Waals surface area contributed by atoms with Crippen molar-refractivity contribution >= 4 is 10.8 Å². The number of halogens is 3. The van der Waals surface area contributed by atoms with E-state index in [1.807, 2.05) is 18.2 Å². The predicted molar refractivity (Wildman–Crippen MR) is 72.1 cm³/mol. The van der Waals surface area contributed by atoms with Crippen molar-refractivity contribution in [3.8, 4) is 5.75 Å². The van der Waals surface area contributed by atoms with Crippen LogP contribution in [0, 0.1) is 0 Å². The number of aliphatic hydroxyl groups excluding tert-OH is 1. The summed E-state index contributed by atoms with van der Waals surface area (Å²) in [4.78, 5) is 0. The van der Waals surface area contributed by atoms with Gasteiger partial charge in [-0.3, -0.25) is 4.74 Å². The summed E-state index contributed by atoms with van der Waals surface area (Å²) in [5.74, 6) is 0.383. The Bertz CT molecular complexity index is 609. The molecule has 0 aromatic heterocycles. The Morgan fingerprint density at radius 2 is 1.81 bits per heavy atom. The van der Waals surface area contributed by atoms with Gasteiger partial charge in [0.05, 0.1) is 12.7 Å². The highest BCUT2D eigenvalue weighted by Crippen LogP contribution is 2.33. The Kier molecular flexibility index (Phi) is 4.69. The van der Waals surface area contributed by atoms with E-state index in [1.165, 1.54) is 0 Å². The molecule has 2 aromatic carbocycles. The zero-order valence-corrected chi connectivity index (χ0v) is 11.4. The number of benzene rings is 2. The van der Waals surface area contributed by atoms with E-state index < -0.39 is 19.1 Å². The molecule has 2 rings (SSSR count). The molecule has 0 aliphatic heterocycles. The zero-order valence-electron chi connectivity index (χ0n) is 11.4. The van der Waals surface area contributed by atoms with Crippen molar-refractivity contribution in [2.24, 2.45) is 0 Å². The van der Waals surface area contributed by atoms with Gasteiger partial charge in [0, 0.05) is 10.9 Å². The van der Waals surface area contributed by atoms with Gasteiger partial charge in [-0.2, -0.15) is 0 Å². The second-order valence-electron chi connectivity index (χ2n) is 4.52. The zero-order chi connectivity index (χ0) is 15.5. The summed E-state index contributed by atoms with van der Waals surface area (Å²) in [5, 5.41) is 11.4. The van der Waals surface area contributed by atoms with Crippen LogP contribution < -0.4 is 4.74 Å². The van der Waals surface area contributed by atoms with Gasteiger partial charge in [0.2, 0.25) is 0 Å². The molecule has 0 amide bonds. The van der Waals surface area contributed by atoms with Crippen LogP contribution in [0.5, 0.6) is 5.75 Å². The SMILES string of the molecule is C[C@@H](O)c1ccc2ccccc2c1OCCOC(F)(F)F. The third-order valence-electron chi connectivity index (χ3n) is 2.96. The third kappa shape index (κ3) is 4.09. The van der Waals surface area contributed by atoms with Crippen LogP contribution in [0.3, 0.4) is 0 Å². The van der Waals surface area contributed by atoms with Crippen LogP contribution in [0.1, 0.15) is 18.6 Å². The highest BCUT2D eigenvalue weighted by molar-refractivity contribution is 5.89. The number of alkyl halides is 3. The van der Waals surface area contributed by atoms with Gasteiger partial charge in [-0.05, 0) is 12.3 Å². The molecule has 21 heavy (non-hydrogen) atoms. The summed E-state index contributed by atoms with van der Waals surface area (Å²) < 4.78 is 44.9. The fourth-order valence-electron chi connectivity index (χ4n) is 2.05. The Balaban J connectivity index is 2.21. The number of aliphatic hydroxyl groups is 1. The predicted octanol–water partition coefficient (Wildman–Crippen LogP) is 3.81. The van der Waals surface area contributed by atoms with E-state index in [9.17, 15) is 18.3 Å². The molecule has 0 saturated heterocycles. The van der Waals surface area contributed by atoms with Gasteiger partial charge in [-0.1, -0.05) is 36.4 Å². The van der Waals surface area contributed by atoms with Crippen LogP contribution in [-0.2, 0) is 4.74 Å². The molecule has 6 heteroatoms. The molecular formula is C15H15F3O3. The van der Waals surface area contributed by atoms with E-state index in [2.05, 4.69) is 4.74 Å². The van der Waals surface area contributed by atoms with E-state index in [-0.39, 0.29) is 6.61 Å². The molecule has 3 nitrogen and oxygen atoms in total. The first-order chi connectivity index (χ1) is 9.88. The Labute approximate surface area is 119 Å². The first-order valence-electron chi connectivity index (χ1n) is 6.41. The van der Waals surface area contributed by atoms with E-state index in [0.717, 1.165) is 10.8 Å². The molecule has 0 fully saturated rings. The number of fused-ring (bicyclic) bond motifs is 1. The molecule has 0 aliphatic carbocycles. The van der Waals surface area contributed by atoms with Gasteiger partial charge in [-0.25, -0.2) is 0 Å². The van der Waals surface area contributed by atoms with Crippen molar-refractivity contribution in [1.29, 1.82) is 0 Å². The minimum absolute atomic E-state index is 0.257. The van der Waals surface area contributed by atoms with Gasteiger partial charge >= 0.3 is 6.36 Å². The number of ether oxygens (including phenoxy) is 2. The fourth-order valence-corrected chi connectivity index (χ4v) is 2.05. The van der Waals surface area contributed by atoms with Crippen LogP contribution in [0.4, 0.5) is 13.2 Å². The summed E-state index contributed by atoms with van der Waals surface area (Å²) in [6.07, 6.45) is -5.46. The van der Waals surface area contributed by atoms with Crippen LogP contribution in [0.25, 0.3) is 10.8 Å². The monoisotopic (exact) mass is 300 g/mol. The topological polar surface area (TPSA) is 38.7 Å². The summed E-state index contributed by atoms with van der Waals surface area (Å²) >= 11 is 0. The third-order valence-corrected chi connectivity index (χ3v) is 2.96. The van der Waals surface area contributed by atoms with Crippen LogP contribution in [-0.4, -0.2) is 24.7 Å². The van der Waals surface area contributed by atoms with E-state index in [4.69, 9.17) is 4.74 Å². The Morgan fingerprint density at radius 1 is 1.10 bits per heavy atom. The van der Waals surface area contributed by atoms with Crippen LogP contribution >= 0.6 is 0 Å². The number of hydrogen-bond acceptors (Lipinski definition) is 3. The average molecular weight is 300 g/mol. The van der Waals surface area contributed by atoms with Crippen molar-refractivity contribution in [2.75, 3.05) is 13.2 Å². The van der Waals surface area contributed by atoms with Gasteiger partial charge in [-0.15, -0.1) is 13.2 Å². The van der Waals surface area contributed by atoms with Crippen molar-refractivity contribution < 1.29 is 27.8 Å². The van der Waals surface area contributed by atoms with Gasteiger partial charge < -0.3 is 9.84 Å². The molecule has 0 radical (unpaired) electrons. The summed E-state index contributed by atoms with van der Waals surface area (Å²) in [7, 11) is 0. The fraction of sp³-hybridized carbons (Fsp3) is 0.333. The molecule has 1 atom stereocenters. The van der Waals surface area contributed by atoms with E-state index in [1.54, 1.807) is 25.1 Å². The van der Waals surface area contributed by atoms with Crippen molar-refractivity contribution in [2.45, 2.75) is 19.4 Å². The second-order valence-corrected chi connectivity index (χ2v) is 4.52. The second kappa shape index (κ2) is 6.32. The quantitative estimate of drug-likeness (QED) is 0.853. The van der Waals surface area contributed by atoms with Crippen molar-refractivity contribution in [3.63, 3.8) is 0 Å². The summed E-state index contributed by atoms with van der Waals surface area (Å²) in [5.41, 5.74) is 0.528. The maximum absolute atomic E-state index is 11.9. The maximum Gasteiger partial charge on any atom is 0.522 e. The minimum Gasteiger partial charge on any atom is -0.490 e. The number of rotatable bonds is 5. The van der Waals surface area contributed by atoms with Crippen LogP contribution in [0.15, 0.2) is 36.4 Å². The standard InChI is InChI=1S/C15H15F3O3/c1-10(19)12-7-6-11-4-2-3-5-13(11)14(12)20-8-9-21-15(16,17)18/h2-7,10,19H,8-9H2,1H3/t10-/m1/s1. The molecule has 0 aliphatic rings. The molecule has 0 saturated carbocycles. The lowest BCUT2D eigenvalue weighted by Gasteiger charge is -2.16. The first kappa shape index (κ1) is 15.6. The maximum atomic E-state index is 11.9. The first-order valence-corrected chi connectivity index (χ1v) is 6.41. The normalized spacial score (nSPS) is 13.4. The molecule has 0 spiro atoms. The summed E-state index contributed by atoms with van der Waals surface area (Å²) in [6.45, 7) is 0.711. The lowest BCUT2D eigenvalue weighted by Crippen LogP contribution is -2.18. The molecule has 0 unspecified atom stereocenters. The van der Waals surface area contributed by atoms with Gasteiger partial charge in [0.25, 0.3) is 0 Å². The largest absolute Gasteiger partial charge is 0.522 e. The highest BCUT2D eigenvalue weighted by Gasteiger charge is 2.28. The smallest absolute Gasteiger partial charge is 0.490 e. The van der Waals surface area contributed by atoms with Crippen molar-refractivity contribution in [3.05, 3.63) is 42.0 Å². The van der Waals surface area contributed by atoms with Crippen molar-refractivity contribution in [1.82, 2.24) is 0 Å². The summed E-state index contributed by atoms with van der Waals surface area (Å²) in [6, 6.07) is 10.8. The Hall–Kier alpha value is -1.79. The Morgan fingerprint density at radius 3 is 2.48 bits per heavy atom. The minimum atomic E-state index is -4.67. The lowest BCUT2D eigenvalue weighted by atomic mass is 10.0. The lowest BCUT2D eigenvalue weighted by molar-refractivity contribution is -0.325. The van der Waals surface area contributed by atoms with Crippen LogP contribution in [0.2, 0.25) is 0 Å². The molecule has 0 heterocycles. The molecule has 114 valence electrons. The van der Waals surface area contributed by atoms with Gasteiger partial charge in [0.1, 0.15) is 12.4 Å². The van der Waals surface area contributed by atoms with E-state index in [0.29, 0.717) is 11.3 Å².